The molecule has 1 aliphatic rings. The summed E-state index contributed by atoms with van der Waals surface area (Å²) in [7, 11) is 1.69. The van der Waals surface area contributed by atoms with Crippen molar-refractivity contribution in [2.75, 3.05) is 46.4 Å². The number of carbonyl (C=O) groups is 2. The van der Waals surface area contributed by atoms with Gasteiger partial charge in [-0.2, -0.15) is 0 Å². The molecule has 0 amide bonds. The van der Waals surface area contributed by atoms with Crippen molar-refractivity contribution >= 4 is 11.9 Å². The molecule has 2 aromatic carbocycles. The van der Waals surface area contributed by atoms with Crippen LogP contribution in [0.1, 0.15) is 11.1 Å². The molecule has 0 spiro atoms. The summed E-state index contributed by atoms with van der Waals surface area (Å²) in [4.78, 5) is 23.2. The Morgan fingerprint density at radius 2 is 1.58 bits per heavy atom. The molecule has 1 aliphatic heterocycles. The third kappa shape index (κ3) is 9.34. The lowest BCUT2D eigenvalue weighted by Crippen LogP contribution is -2.47. The molecule has 1 saturated heterocycles. The fourth-order valence-electron chi connectivity index (χ4n) is 3.42. The minimum atomic E-state index is -1.82. The number of rotatable bonds is 9. The van der Waals surface area contributed by atoms with Crippen LogP contribution in [0, 0.1) is 0 Å². The van der Waals surface area contributed by atoms with Crippen LogP contribution < -0.4 is 9.47 Å². The summed E-state index contributed by atoms with van der Waals surface area (Å²) < 4.78 is 11.4. The number of ether oxygens (including phenoxy) is 2. The van der Waals surface area contributed by atoms with E-state index in [4.69, 9.17) is 29.3 Å². The van der Waals surface area contributed by atoms with E-state index in [1.807, 2.05) is 18.2 Å². The molecule has 8 heteroatoms. The molecule has 2 N–H and O–H groups in total. The second-order valence-electron chi connectivity index (χ2n) is 7.54. The van der Waals surface area contributed by atoms with Gasteiger partial charge in [-0.3, -0.25) is 9.80 Å². The molecule has 0 radical (unpaired) electrons. The zero-order valence-corrected chi connectivity index (χ0v) is 19.0. The highest BCUT2D eigenvalue weighted by molar-refractivity contribution is 6.27. The molecule has 1 fully saturated rings. The predicted molar refractivity (Wildman–Crippen MR) is 126 cm³/mol. The fraction of sp³-hybridized carbons (Fsp3) is 0.360. The van der Waals surface area contributed by atoms with E-state index in [-0.39, 0.29) is 0 Å². The maximum absolute atomic E-state index is 9.10. The van der Waals surface area contributed by atoms with Gasteiger partial charge in [-0.25, -0.2) is 9.59 Å². The van der Waals surface area contributed by atoms with Crippen LogP contribution in [0.25, 0.3) is 0 Å². The molecule has 2 aromatic rings. The first-order valence-electron chi connectivity index (χ1n) is 10.8. The van der Waals surface area contributed by atoms with Crippen LogP contribution in [0.3, 0.4) is 0 Å². The van der Waals surface area contributed by atoms with Gasteiger partial charge in [-0.05, 0) is 29.7 Å². The van der Waals surface area contributed by atoms with Crippen molar-refractivity contribution in [2.24, 2.45) is 0 Å². The van der Waals surface area contributed by atoms with Crippen molar-refractivity contribution in [3.05, 3.63) is 72.3 Å². The lowest BCUT2D eigenvalue weighted by atomic mass is 10.1. The van der Waals surface area contributed by atoms with Gasteiger partial charge in [0.25, 0.3) is 0 Å². The van der Waals surface area contributed by atoms with Gasteiger partial charge in [-0.15, -0.1) is 6.58 Å². The number of carboxylic acid groups (broad SMARTS) is 2. The topological polar surface area (TPSA) is 99.5 Å². The third-order valence-corrected chi connectivity index (χ3v) is 5.17. The fourth-order valence-corrected chi connectivity index (χ4v) is 3.42. The SMILES string of the molecule is C=CCc1ccc(OCCN2CCN(Cc3ccccc3)CC2)c(OC)c1.O=C(O)C(=O)O. The summed E-state index contributed by atoms with van der Waals surface area (Å²) in [5.41, 5.74) is 2.57. The van der Waals surface area contributed by atoms with E-state index in [0.29, 0.717) is 6.61 Å². The van der Waals surface area contributed by atoms with Crippen molar-refractivity contribution < 1.29 is 29.3 Å². The Bertz CT molecular complexity index is 883. The van der Waals surface area contributed by atoms with Crippen LogP contribution in [0.4, 0.5) is 0 Å². The first kappa shape index (κ1) is 25.9. The highest BCUT2D eigenvalue weighted by Gasteiger charge is 2.17. The van der Waals surface area contributed by atoms with Gasteiger partial charge < -0.3 is 19.7 Å². The van der Waals surface area contributed by atoms with Gasteiger partial charge >= 0.3 is 11.9 Å². The molecular weight excluding hydrogens is 424 g/mol. The number of allylic oxidation sites excluding steroid dienone is 1. The number of hydrogen-bond donors (Lipinski definition) is 2. The van der Waals surface area contributed by atoms with E-state index < -0.39 is 11.9 Å². The Labute approximate surface area is 194 Å². The Balaban J connectivity index is 0.000000569. The zero-order valence-electron chi connectivity index (χ0n) is 19.0. The first-order valence-corrected chi connectivity index (χ1v) is 10.8. The summed E-state index contributed by atoms with van der Waals surface area (Å²) in [6, 6.07) is 16.8. The van der Waals surface area contributed by atoms with Crippen molar-refractivity contribution in [1.82, 2.24) is 9.80 Å². The Kier molecular flexibility index (Phi) is 10.9. The van der Waals surface area contributed by atoms with Crippen molar-refractivity contribution in [3.63, 3.8) is 0 Å². The molecule has 0 saturated carbocycles. The smallest absolute Gasteiger partial charge is 0.414 e. The molecule has 3 rings (SSSR count). The van der Waals surface area contributed by atoms with Crippen molar-refractivity contribution in [2.45, 2.75) is 13.0 Å². The van der Waals surface area contributed by atoms with Gasteiger partial charge in [0.05, 0.1) is 7.11 Å². The van der Waals surface area contributed by atoms with Gasteiger partial charge in [0, 0.05) is 39.3 Å². The van der Waals surface area contributed by atoms with Crippen LogP contribution in [-0.4, -0.2) is 78.4 Å². The van der Waals surface area contributed by atoms with Gasteiger partial charge in [-0.1, -0.05) is 42.5 Å². The number of piperazine rings is 1. The van der Waals surface area contributed by atoms with Crippen LogP contribution in [0.15, 0.2) is 61.2 Å². The van der Waals surface area contributed by atoms with Crippen molar-refractivity contribution in [3.8, 4) is 11.5 Å². The van der Waals surface area contributed by atoms with Gasteiger partial charge in [0.15, 0.2) is 11.5 Å². The minimum Gasteiger partial charge on any atom is -0.493 e. The summed E-state index contributed by atoms with van der Waals surface area (Å²) in [6.45, 7) is 10.8. The standard InChI is InChI=1S/C23H30N2O2.C2H2O4/c1-3-7-20-10-11-22(23(18-20)26-2)27-17-16-24-12-14-25(15-13-24)19-21-8-5-4-6-9-21;3-1(4)2(5)6/h3-6,8-11,18H,1,7,12-17,19H2,2H3;(H,3,4)(H,5,6). The number of methoxy groups -OCH3 is 1. The van der Waals surface area contributed by atoms with E-state index in [2.05, 4.69) is 52.8 Å². The maximum atomic E-state index is 9.10. The highest BCUT2D eigenvalue weighted by atomic mass is 16.5. The minimum absolute atomic E-state index is 0.676. The third-order valence-electron chi connectivity index (χ3n) is 5.17. The number of hydrogen-bond acceptors (Lipinski definition) is 6. The lowest BCUT2D eigenvalue weighted by molar-refractivity contribution is -0.159. The number of aliphatic carboxylic acids is 2. The van der Waals surface area contributed by atoms with E-state index >= 15 is 0 Å². The Morgan fingerprint density at radius 3 is 2.15 bits per heavy atom. The van der Waals surface area contributed by atoms with Crippen LogP contribution >= 0.6 is 0 Å². The maximum Gasteiger partial charge on any atom is 0.414 e. The molecule has 0 bridgehead atoms. The molecular formula is C25H32N2O6. The van der Waals surface area contributed by atoms with Crippen LogP contribution in [-0.2, 0) is 22.6 Å². The largest absolute Gasteiger partial charge is 0.493 e. The van der Waals surface area contributed by atoms with Crippen LogP contribution in [0.5, 0.6) is 11.5 Å². The predicted octanol–water partition coefficient (Wildman–Crippen LogP) is 2.78. The molecule has 8 nitrogen and oxygen atoms in total. The Hall–Kier alpha value is -3.36. The number of carboxylic acids is 2. The summed E-state index contributed by atoms with van der Waals surface area (Å²) >= 11 is 0. The Morgan fingerprint density at radius 1 is 0.939 bits per heavy atom. The average molecular weight is 457 g/mol. The van der Waals surface area contributed by atoms with Gasteiger partial charge in [0.2, 0.25) is 0 Å². The first-order chi connectivity index (χ1) is 15.9. The zero-order chi connectivity index (χ0) is 24.1. The lowest BCUT2D eigenvalue weighted by Gasteiger charge is -2.34. The van der Waals surface area contributed by atoms with Gasteiger partial charge in [0.1, 0.15) is 6.61 Å². The molecule has 0 aliphatic carbocycles. The quantitative estimate of drug-likeness (QED) is 0.439. The number of nitrogens with zero attached hydrogens (tertiary/aromatic N) is 2. The van der Waals surface area contributed by atoms with E-state index in [1.165, 1.54) is 11.1 Å². The molecule has 1 heterocycles. The molecule has 0 atom stereocenters. The second kappa shape index (κ2) is 13.9. The average Bonchev–Trinajstić information content (AvgIpc) is 2.82. The summed E-state index contributed by atoms with van der Waals surface area (Å²) in [5.74, 6) is -2.04. The molecule has 0 aromatic heterocycles. The van der Waals surface area contributed by atoms with Crippen molar-refractivity contribution in [1.29, 1.82) is 0 Å². The van der Waals surface area contributed by atoms with E-state index in [0.717, 1.165) is 57.2 Å². The molecule has 178 valence electrons. The second-order valence-corrected chi connectivity index (χ2v) is 7.54. The molecule has 0 unspecified atom stereocenters. The summed E-state index contributed by atoms with van der Waals surface area (Å²) in [5, 5.41) is 14.8. The molecule has 33 heavy (non-hydrogen) atoms. The highest BCUT2D eigenvalue weighted by Crippen LogP contribution is 2.28. The summed E-state index contributed by atoms with van der Waals surface area (Å²) in [6.07, 6.45) is 2.73. The van der Waals surface area contributed by atoms with E-state index in [9.17, 15) is 0 Å². The normalized spacial score (nSPS) is 14.0. The van der Waals surface area contributed by atoms with Crippen LogP contribution in [0.2, 0.25) is 0 Å². The van der Waals surface area contributed by atoms with E-state index in [1.54, 1.807) is 7.11 Å². The monoisotopic (exact) mass is 456 g/mol. The number of benzene rings is 2.